The smallest absolute Gasteiger partial charge is 0.410 e. The number of aromatic nitrogens is 4. The molecule has 1 saturated heterocycles. The predicted octanol–water partition coefficient (Wildman–Crippen LogP) is 3.74. The molecule has 200 valence electrons. The molecular weight excluding hydrogens is 502 g/mol. The lowest BCUT2D eigenvalue weighted by Crippen LogP contribution is -2.50. The third kappa shape index (κ3) is 6.40. The molecule has 0 spiro atoms. The summed E-state index contributed by atoms with van der Waals surface area (Å²) in [7, 11) is 0. The van der Waals surface area contributed by atoms with Crippen LogP contribution in [0, 0.1) is 0 Å². The number of imidazole rings is 1. The Hall–Kier alpha value is -3.70. The van der Waals surface area contributed by atoms with Crippen molar-refractivity contribution in [1.82, 2.24) is 34.3 Å². The average molecular weight is 536 g/mol. The Morgan fingerprint density at radius 1 is 1.08 bits per heavy atom. The van der Waals surface area contributed by atoms with Crippen LogP contribution in [0.5, 0.6) is 0 Å². The van der Waals surface area contributed by atoms with Crippen LogP contribution in [0.3, 0.4) is 0 Å². The van der Waals surface area contributed by atoms with Gasteiger partial charge in [0.15, 0.2) is 0 Å². The number of nitrogens with zero attached hydrogens (tertiary/aromatic N) is 6. The van der Waals surface area contributed by atoms with Gasteiger partial charge in [0.1, 0.15) is 11.2 Å². The maximum absolute atomic E-state index is 12.7. The molecule has 5 heterocycles. The highest BCUT2D eigenvalue weighted by Crippen LogP contribution is 2.28. The summed E-state index contributed by atoms with van der Waals surface area (Å²) >= 11 is 1.46. The molecule has 10 nitrogen and oxygen atoms in total. The summed E-state index contributed by atoms with van der Waals surface area (Å²) in [5, 5.41) is 7.51. The number of hydrogen-bond donors (Lipinski definition) is 1. The number of rotatable bonds is 7. The number of ether oxygens (including phenoxy) is 1. The molecule has 0 aliphatic carbocycles. The van der Waals surface area contributed by atoms with E-state index in [2.05, 4.69) is 20.3 Å². The third-order valence-corrected chi connectivity index (χ3v) is 7.47. The van der Waals surface area contributed by atoms with Crippen LogP contribution < -0.4 is 5.32 Å². The lowest BCUT2D eigenvalue weighted by atomic mass is 10.2. The number of pyridine rings is 1. The summed E-state index contributed by atoms with van der Waals surface area (Å²) in [6, 6.07) is 7.77. The zero-order chi connectivity index (χ0) is 26.7. The van der Waals surface area contributed by atoms with Gasteiger partial charge < -0.3 is 19.4 Å². The Labute approximate surface area is 225 Å². The van der Waals surface area contributed by atoms with E-state index >= 15 is 0 Å². The maximum atomic E-state index is 12.7. The molecule has 1 fully saturated rings. The van der Waals surface area contributed by atoms with E-state index < -0.39 is 5.60 Å². The first-order valence-corrected chi connectivity index (χ1v) is 13.6. The quantitative estimate of drug-likeness (QED) is 0.387. The highest BCUT2D eigenvalue weighted by Gasteiger charge is 2.25. The molecule has 1 aliphatic heterocycles. The second kappa shape index (κ2) is 11.0. The second-order valence-electron chi connectivity index (χ2n) is 10.4. The average Bonchev–Trinajstić information content (AvgIpc) is 3.65. The topological polar surface area (TPSA) is 97.0 Å². The Balaban J connectivity index is 1.09. The molecular formula is C27H33N7O3S. The van der Waals surface area contributed by atoms with Gasteiger partial charge in [-0.3, -0.25) is 14.4 Å². The first-order chi connectivity index (χ1) is 18.2. The number of thiophene rings is 1. The largest absolute Gasteiger partial charge is 0.444 e. The minimum atomic E-state index is -0.477. The molecule has 38 heavy (non-hydrogen) atoms. The van der Waals surface area contributed by atoms with E-state index in [0.717, 1.165) is 47.8 Å². The van der Waals surface area contributed by atoms with Gasteiger partial charge in [0.25, 0.3) is 5.91 Å². The fourth-order valence-corrected chi connectivity index (χ4v) is 5.18. The van der Waals surface area contributed by atoms with Crippen LogP contribution >= 0.6 is 11.3 Å². The van der Waals surface area contributed by atoms with E-state index in [9.17, 15) is 9.59 Å². The van der Waals surface area contributed by atoms with Crippen LogP contribution in [0.25, 0.3) is 16.1 Å². The van der Waals surface area contributed by atoms with Crippen molar-refractivity contribution < 1.29 is 14.3 Å². The van der Waals surface area contributed by atoms with Crippen molar-refractivity contribution in [3.05, 3.63) is 65.7 Å². The highest BCUT2D eigenvalue weighted by atomic mass is 32.1. The summed E-state index contributed by atoms with van der Waals surface area (Å²) < 4.78 is 9.34. The minimum absolute atomic E-state index is 0.0950. The standard InChI is InChI=1S/C27H33N7O3S/c1-27(2,3)37-26(36)33-13-10-31(11-14-33)12-15-34-19-21(18-30-34)22-4-5-23(38-22)25(35)29-17-20-6-8-32-9-7-28-24(32)16-20/h4-9,16,18-19H,10-15,17H2,1-3H3,(H,29,35). The van der Waals surface area contributed by atoms with Gasteiger partial charge in [-0.2, -0.15) is 5.10 Å². The Morgan fingerprint density at radius 3 is 2.68 bits per heavy atom. The van der Waals surface area contributed by atoms with Crippen molar-refractivity contribution in [1.29, 1.82) is 0 Å². The molecule has 11 heteroatoms. The molecule has 0 bridgehead atoms. The van der Waals surface area contributed by atoms with E-state index in [1.165, 1.54) is 11.3 Å². The molecule has 0 radical (unpaired) electrons. The van der Waals surface area contributed by atoms with Crippen molar-refractivity contribution in [3.8, 4) is 10.4 Å². The summed E-state index contributed by atoms with van der Waals surface area (Å²) in [5.41, 5.74) is 2.38. The number of fused-ring (bicyclic) bond motifs is 1. The first-order valence-electron chi connectivity index (χ1n) is 12.8. The van der Waals surface area contributed by atoms with Crippen molar-refractivity contribution in [3.63, 3.8) is 0 Å². The SMILES string of the molecule is CC(C)(C)OC(=O)N1CCN(CCn2cc(-c3ccc(C(=O)NCc4ccn5ccnc5c4)s3)cn2)CC1. The lowest BCUT2D eigenvalue weighted by molar-refractivity contribution is 0.0142. The first kappa shape index (κ1) is 25.9. The zero-order valence-electron chi connectivity index (χ0n) is 22.0. The summed E-state index contributed by atoms with van der Waals surface area (Å²) in [6.45, 7) is 10.7. The fraction of sp³-hybridized carbons (Fsp3) is 0.407. The van der Waals surface area contributed by atoms with Gasteiger partial charge in [0.2, 0.25) is 0 Å². The van der Waals surface area contributed by atoms with Crippen LogP contribution in [0.1, 0.15) is 36.0 Å². The van der Waals surface area contributed by atoms with Crippen LogP contribution in [0.4, 0.5) is 4.79 Å². The molecule has 1 aliphatic rings. The van der Waals surface area contributed by atoms with Gasteiger partial charge in [-0.1, -0.05) is 0 Å². The van der Waals surface area contributed by atoms with Crippen molar-refractivity contribution in [2.24, 2.45) is 0 Å². The van der Waals surface area contributed by atoms with Crippen molar-refractivity contribution in [2.75, 3.05) is 32.7 Å². The number of amides is 2. The Kier molecular flexibility index (Phi) is 7.48. The predicted molar refractivity (Wildman–Crippen MR) is 146 cm³/mol. The van der Waals surface area contributed by atoms with E-state index in [-0.39, 0.29) is 12.0 Å². The summed E-state index contributed by atoms with van der Waals surface area (Å²) in [4.78, 5) is 35.0. The molecule has 0 atom stereocenters. The van der Waals surface area contributed by atoms with E-state index in [1.54, 1.807) is 11.1 Å². The molecule has 2 amide bonds. The highest BCUT2D eigenvalue weighted by molar-refractivity contribution is 7.17. The van der Waals surface area contributed by atoms with Crippen LogP contribution in [-0.4, -0.2) is 79.3 Å². The number of carbonyl (C=O) groups is 2. The number of nitrogens with one attached hydrogen (secondary N) is 1. The van der Waals surface area contributed by atoms with Gasteiger partial charge in [0, 0.05) is 74.5 Å². The van der Waals surface area contributed by atoms with E-state index in [4.69, 9.17) is 4.74 Å². The minimum Gasteiger partial charge on any atom is -0.444 e. The normalized spacial score (nSPS) is 14.7. The van der Waals surface area contributed by atoms with Crippen LogP contribution in [0.15, 0.2) is 55.2 Å². The van der Waals surface area contributed by atoms with E-state index in [1.807, 2.05) is 78.9 Å². The Bertz CT molecular complexity index is 1410. The van der Waals surface area contributed by atoms with Crippen molar-refractivity contribution in [2.45, 2.75) is 39.5 Å². The molecule has 0 aromatic carbocycles. The van der Waals surface area contributed by atoms with Crippen LogP contribution in [0.2, 0.25) is 0 Å². The van der Waals surface area contributed by atoms with E-state index in [0.29, 0.717) is 24.5 Å². The van der Waals surface area contributed by atoms with Gasteiger partial charge in [-0.15, -0.1) is 11.3 Å². The number of piperazine rings is 1. The van der Waals surface area contributed by atoms with Gasteiger partial charge >= 0.3 is 6.09 Å². The summed E-state index contributed by atoms with van der Waals surface area (Å²) in [6.07, 6.45) is 9.20. The van der Waals surface area contributed by atoms with Gasteiger partial charge in [0.05, 0.1) is 17.6 Å². The molecule has 4 aromatic rings. The van der Waals surface area contributed by atoms with Gasteiger partial charge in [-0.05, 0) is 50.6 Å². The fourth-order valence-electron chi connectivity index (χ4n) is 4.28. The molecule has 0 unspecified atom stereocenters. The molecule has 4 aromatic heterocycles. The molecule has 0 saturated carbocycles. The van der Waals surface area contributed by atoms with Gasteiger partial charge in [-0.25, -0.2) is 9.78 Å². The zero-order valence-corrected chi connectivity index (χ0v) is 22.8. The lowest BCUT2D eigenvalue weighted by Gasteiger charge is -2.35. The molecule has 5 rings (SSSR count). The Morgan fingerprint density at radius 2 is 1.89 bits per heavy atom. The van der Waals surface area contributed by atoms with Crippen LogP contribution in [-0.2, 0) is 17.8 Å². The maximum Gasteiger partial charge on any atom is 0.410 e. The third-order valence-electron chi connectivity index (χ3n) is 6.33. The molecule has 1 N–H and O–H groups in total. The van der Waals surface area contributed by atoms with Crippen molar-refractivity contribution >= 4 is 29.0 Å². The number of hydrogen-bond acceptors (Lipinski definition) is 7. The second-order valence-corrected chi connectivity index (χ2v) is 11.5. The summed E-state index contributed by atoms with van der Waals surface area (Å²) in [5.74, 6) is -0.0950. The number of carbonyl (C=O) groups excluding carboxylic acids is 2. The monoisotopic (exact) mass is 535 g/mol.